The molecular formula is C37H50N8O2. The summed E-state index contributed by atoms with van der Waals surface area (Å²) in [5, 5.41) is 15.5. The second kappa shape index (κ2) is 13.4. The van der Waals surface area contributed by atoms with Gasteiger partial charge >= 0.3 is 0 Å². The van der Waals surface area contributed by atoms with Gasteiger partial charge in [0.05, 0.1) is 11.0 Å². The molecule has 0 spiro atoms. The minimum Gasteiger partial charge on any atom is -0.348 e. The molecule has 8 rings (SSSR count). The minimum absolute atomic E-state index is 0.0759. The quantitative estimate of drug-likeness (QED) is 0.316. The lowest BCUT2D eigenvalue weighted by Crippen LogP contribution is -2.56. The molecule has 2 aromatic carbocycles. The number of aromatic nitrogens is 4. The molecule has 2 amide bonds. The van der Waals surface area contributed by atoms with Crippen molar-refractivity contribution in [1.29, 1.82) is 0 Å². The van der Waals surface area contributed by atoms with Crippen LogP contribution in [0.1, 0.15) is 103 Å². The van der Waals surface area contributed by atoms with Crippen LogP contribution in [0.4, 0.5) is 0 Å². The van der Waals surface area contributed by atoms with Crippen molar-refractivity contribution in [1.82, 2.24) is 40.0 Å². The molecule has 10 heteroatoms. The van der Waals surface area contributed by atoms with Gasteiger partial charge in [-0.15, -0.1) is 0 Å². The lowest BCUT2D eigenvalue weighted by Gasteiger charge is -2.48. The predicted octanol–water partition coefficient (Wildman–Crippen LogP) is 5.03. The van der Waals surface area contributed by atoms with Gasteiger partial charge in [-0.05, 0) is 77.0 Å². The first-order chi connectivity index (χ1) is 25.9. The number of carbonyl (C=O) groups is 2. The van der Waals surface area contributed by atoms with Gasteiger partial charge in [-0.25, -0.2) is 0 Å². The lowest BCUT2D eigenvalue weighted by molar-refractivity contribution is 0.0287. The van der Waals surface area contributed by atoms with Crippen LogP contribution in [-0.2, 0) is 14.0 Å². The maximum Gasteiger partial charge on any atom is 0.272 e. The SMILES string of the molecule is [2H]C([2H])(C)N1C2CCCC1CC(NC(=O)c1nn(C([2H])([2H])[2H])c3ccccc13)C2.[2H]C([2H])([2H])n1nc(C(=O)NC2CC3CCCC(C2)N3C)c2ccccc21. The summed E-state index contributed by atoms with van der Waals surface area (Å²) in [7, 11) is 2.18. The average Bonchev–Trinajstić information content (AvgIpc) is 3.69. The van der Waals surface area contributed by atoms with Gasteiger partial charge in [0.25, 0.3) is 11.8 Å². The number of benzene rings is 2. The Labute approximate surface area is 289 Å². The van der Waals surface area contributed by atoms with E-state index in [0.29, 0.717) is 46.7 Å². The van der Waals surface area contributed by atoms with Crippen molar-refractivity contribution < 1.29 is 20.6 Å². The van der Waals surface area contributed by atoms with Gasteiger partial charge in [0.2, 0.25) is 0 Å². The number of carbonyl (C=O) groups excluding carboxylic acids is 2. The summed E-state index contributed by atoms with van der Waals surface area (Å²) in [6, 6.07) is 15.1. The van der Waals surface area contributed by atoms with E-state index in [1.807, 2.05) is 4.90 Å². The normalized spacial score (nSPS) is 31.0. The first-order valence-electron chi connectivity index (χ1n) is 21.0. The number of aryl methyl sites for hydroxylation is 2. The van der Waals surface area contributed by atoms with Crippen molar-refractivity contribution in [2.75, 3.05) is 13.5 Å². The Balaban J connectivity index is 0.000000170. The number of hydrogen-bond donors (Lipinski definition) is 2. The van der Waals surface area contributed by atoms with Gasteiger partial charge < -0.3 is 15.5 Å². The highest BCUT2D eigenvalue weighted by molar-refractivity contribution is 6.05. The summed E-state index contributed by atoms with van der Waals surface area (Å²) in [4.78, 5) is 30.3. The van der Waals surface area contributed by atoms with Crippen molar-refractivity contribution in [3.05, 3.63) is 59.9 Å². The van der Waals surface area contributed by atoms with E-state index in [-0.39, 0.29) is 47.4 Å². The molecule has 2 aromatic heterocycles. The predicted molar refractivity (Wildman–Crippen MR) is 185 cm³/mol. The molecule has 0 radical (unpaired) electrons. The van der Waals surface area contributed by atoms with Crippen LogP contribution >= 0.6 is 0 Å². The van der Waals surface area contributed by atoms with E-state index >= 15 is 0 Å². The van der Waals surface area contributed by atoms with E-state index in [4.69, 9.17) is 11.0 Å². The monoisotopic (exact) mass is 646 g/mol. The largest absolute Gasteiger partial charge is 0.348 e. The van der Waals surface area contributed by atoms with Crippen molar-refractivity contribution in [3.8, 4) is 0 Å². The van der Waals surface area contributed by atoms with E-state index in [1.54, 1.807) is 55.5 Å². The number of rotatable bonds is 5. The summed E-state index contributed by atoms with van der Waals surface area (Å²) >= 11 is 0. The molecule has 250 valence electrons. The molecule has 4 aliphatic rings. The molecular weight excluding hydrogens is 588 g/mol. The Morgan fingerprint density at radius 2 is 1.17 bits per heavy atom. The third-order valence-electron chi connectivity index (χ3n) is 10.8. The highest BCUT2D eigenvalue weighted by Gasteiger charge is 2.39. The molecule has 6 heterocycles. The standard InChI is InChI=1S/C19H26N4O.C18H24N4O/c1-3-23-14-7-6-8-15(23)12-13(11-14)20-19(24)18-16-9-4-5-10-17(16)22(2)21-18;1-21-13-6-5-7-14(21)11-12(10-13)19-18(23)17-15-8-3-4-9-16(15)22(2)20-17/h4-5,9-10,13-15H,3,6-8,11-12H2,1-2H3,(H,20,24);3-4,8-9,12-14H,5-7,10-11H2,1-2H3,(H,19,23)/i2D3,3D2;2D3. The Bertz CT molecular complexity index is 2010. The minimum atomic E-state index is -2.47. The van der Waals surface area contributed by atoms with Gasteiger partial charge in [0.1, 0.15) is 0 Å². The molecule has 2 N–H and O–H groups in total. The Morgan fingerprint density at radius 3 is 1.62 bits per heavy atom. The van der Waals surface area contributed by atoms with Gasteiger partial charge in [-0.3, -0.25) is 23.9 Å². The first-order valence-corrected chi connectivity index (χ1v) is 17.0. The fourth-order valence-electron chi connectivity index (χ4n) is 8.57. The smallest absolute Gasteiger partial charge is 0.272 e. The number of piperidine rings is 4. The molecule has 4 unspecified atom stereocenters. The van der Waals surface area contributed by atoms with E-state index in [2.05, 4.69) is 32.8 Å². The van der Waals surface area contributed by atoms with Gasteiger partial charge in [-0.1, -0.05) is 56.2 Å². The third kappa shape index (κ3) is 6.29. The number of nitrogens with zero attached hydrogens (tertiary/aromatic N) is 6. The topological polar surface area (TPSA) is 100 Å². The zero-order valence-electron chi connectivity index (χ0n) is 35.2. The summed E-state index contributed by atoms with van der Waals surface area (Å²) in [5.74, 6) is -0.656. The first kappa shape index (κ1) is 23.5. The summed E-state index contributed by atoms with van der Waals surface area (Å²) < 4.78 is 64.3. The molecule has 4 atom stereocenters. The highest BCUT2D eigenvalue weighted by Crippen LogP contribution is 2.35. The van der Waals surface area contributed by atoms with Crippen molar-refractivity contribution >= 4 is 33.6 Å². The van der Waals surface area contributed by atoms with Crippen molar-refractivity contribution in [2.24, 2.45) is 14.0 Å². The Kier molecular flexibility index (Phi) is 6.71. The molecule has 10 nitrogen and oxygen atoms in total. The van der Waals surface area contributed by atoms with Crippen LogP contribution in [0.15, 0.2) is 48.5 Å². The number of fused-ring (bicyclic) bond motifs is 6. The van der Waals surface area contributed by atoms with Gasteiger partial charge in [-0.2, -0.15) is 10.2 Å². The Hall–Kier alpha value is -3.76. The number of amides is 2. The molecule has 4 aromatic rings. The molecule has 0 aliphatic carbocycles. The summed E-state index contributed by atoms with van der Waals surface area (Å²) in [6.07, 6.45) is 9.80. The van der Waals surface area contributed by atoms with E-state index in [1.165, 1.54) is 19.3 Å². The third-order valence-corrected chi connectivity index (χ3v) is 10.8. The lowest BCUT2D eigenvalue weighted by atomic mass is 9.81. The molecule has 0 saturated carbocycles. The van der Waals surface area contributed by atoms with Gasteiger partial charge in [0.15, 0.2) is 11.4 Å². The number of para-hydroxylation sites is 2. The second-order valence-corrected chi connectivity index (χ2v) is 13.6. The van der Waals surface area contributed by atoms with Crippen LogP contribution in [0.25, 0.3) is 21.8 Å². The zero-order valence-corrected chi connectivity index (χ0v) is 27.2. The van der Waals surface area contributed by atoms with E-state index in [0.717, 1.165) is 41.5 Å². The number of hydrogen-bond acceptors (Lipinski definition) is 6. The van der Waals surface area contributed by atoms with Crippen LogP contribution in [-0.4, -0.2) is 91.0 Å². The van der Waals surface area contributed by atoms with Crippen LogP contribution in [0.3, 0.4) is 0 Å². The van der Waals surface area contributed by atoms with Crippen LogP contribution in [0.5, 0.6) is 0 Å². The number of nitrogens with one attached hydrogen (secondary N) is 2. The highest BCUT2D eigenvalue weighted by atomic mass is 16.2. The fraction of sp³-hybridized carbons (Fsp3) is 0.568. The van der Waals surface area contributed by atoms with Crippen LogP contribution < -0.4 is 10.6 Å². The van der Waals surface area contributed by atoms with Crippen molar-refractivity contribution in [2.45, 2.75) is 107 Å². The average molecular weight is 647 g/mol. The maximum absolute atomic E-state index is 13.0. The Morgan fingerprint density at radius 1 is 0.745 bits per heavy atom. The van der Waals surface area contributed by atoms with E-state index in [9.17, 15) is 9.59 Å². The summed E-state index contributed by atoms with van der Waals surface area (Å²) in [6.45, 7) is -4.65. The second-order valence-electron chi connectivity index (χ2n) is 13.6. The molecule has 4 aliphatic heterocycles. The maximum atomic E-state index is 13.0. The zero-order chi connectivity index (χ0) is 39.4. The summed E-state index contributed by atoms with van der Waals surface area (Å²) in [5.41, 5.74) is 1.18. The van der Waals surface area contributed by atoms with Gasteiger partial charge in [0, 0.05) is 71.9 Å². The molecule has 47 heavy (non-hydrogen) atoms. The van der Waals surface area contributed by atoms with E-state index < -0.39 is 20.4 Å². The van der Waals surface area contributed by atoms with Crippen LogP contribution in [0, 0.1) is 0 Å². The van der Waals surface area contributed by atoms with Crippen molar-refractivity contribution in [3.63, 3.8) is 0 Å². The molecule has 4 bridgehead atoms. The fourth-order valence-corrected chi connectivity index (χ4v) is 8.57. The molecule has 4 fully saturated rings. The molecule has 4 saturated heterocycles. The van der Waals surface area contributed by atoms with Crippen LogP contribution in [0.2, 0.25) is 0 Å².